The Labute approximate surface area is 205 Å². The Hall–Kier alpha value is -3.01. The first kappa shape index (κ1) is 24.6. The number of carbonyl (C=O) groups is 2. The number of ether oxygens (including phenoxy) is 1. The van der Waals surface area contributed by atoms with E-state index in [-0.39, 0.29) is 24.1 Å². The van der Waals surface area contributed by atoms with Gasteiger partial charge in [0.2, 0.25) is 5.91 Å². The fourth-order valence-corrected chi connectivity index (χ4v) is 3.89. The Morgan fingerprint density at radius 2 is 1.88 bits per heavy atom. The minimum atomic E-state index is -0.260. The molecule has 8 nitrogen and oxygen atoms in total. The van der Waals surface area contributed by atoms with Gasteiger partial charge in [-0.2, -0.15) is 0 Å². The third-order valence-electron chi connectivity index (χ3n) is 4.39. The molecule has 0 spiro atoms. The SMILES string of the molecule is C=CCn1c(CNC(=O)c2ccc(Cl)cc2)nnc1SCC(=O)Nc1cc(Cl)ccc1OC. The normalized spacial score (nSPS) is 10.5. The fourth-order valence-electron chi connectivity index (χ4n) is 2.83. The summed E-state index contributed by atoms with van der Waals surface area (Å²) in [5.41, 5.74) is 0.964. The van der Waals surface area contributed by atoms with Gasteiger partial charge in [-0.25, -0.2) is 0 Å². The zero-order chi connectivity index (χ0) is 23.8. The molecule has 2 aromatic carbocycles. The Balaban J connectivity index is 1.62. The van der Waals surface area contributed by atoms with Crippen LogP contribution in [0.2, 0.25) is 10.0 Å². The number of aromatic nitrogens is 3. The van der Waals surface area contributed by atoms with Crippen molar-refractivity contribution in [2.24, 2.45) is 0 Å². The average Bonchev–Trinajstić information content (AvgIpc) is 3.18. The van der Waals surface area contributed by atoms with Crippen molar-refractivity contribution in [1.29, 1.82) is 0 Å². The van der Waals surface area contributed by atoms with Gasteiger partial charge in [-0.15, -0.1) is 16.8 Å². The van der Waals surface area contributed by atoms with Crippen molar-refractivity contribution in [2.75, 3.05) is 18.2 Å². The number of benzene rings is 2. The highest BCUT2D eigenvalue weighted by Crippen LogP contribution is 2.28. The van der Waals surface area contributed by atoms with Crippen molar-refractivity contribution in [3.8, 4) is 5.75 Å². The molecule has 2 N–H and O–H groups in total. The highest BCUT2D eigenvalue weighted by Gasteiger charge is 2.16. The monoisotopic (exact) mass is 505 g/mol. The van der Waals surface area contributed by atoms with Crippen LogP contribution in [0.4, 0.5) is 5.69 Å². The Bertz CT molecular complexity index is 1150. The van der Waals surface area contributed by atoms with E-state index in [1.54, 1.807) is 53.1 Å². The standard InChI is InChI=1S/C22H21Cl2N5O3S/c1-3-10-29-19(12-25-21(31)14-4-6-15(23)7-5-14)27-28-22(29)33-13-20(30)26-17-11-16(24)8-9-18(17)32-2/h3-9,11H,1,10,12-13H2,2H3,(H,25,31)(H,26,30). The van der Waals surface area contributed by atoms with Gasteiger partial charge in [-0.1, -0.05) is 41.0 Å². The number of anilines is 1. The fraction of sp³-hybridized carbons (Fsp3) is 0.182. The lowest BCUT2D eigenvalue weighted by Crippen LogP contribution is -2.24. The summed E-state index contributed by atoms with van der Waals surface area (Å²) < 4.78 is 7.03. The molecule has 0 unspecified atom stereocenters. The highest BCUT2D eigenvalue weighted by molar-refractivity contribution is 7.99. The maximum Gasteiger partial charge on any atom is 0.251 e. The number of thioether (sulfide) groups is 1. The van der Waals surface area contributed by atoms with Gasteiger partial charge in [-0.3, -0.25) is 9.59 Å². The molecule has 1 aromatic heterocycles. The molecular formula is C22H21Cl2N5O3S. The molecular weight excluding hydrogens is 485 g/mol. The second-order valence-electron chi connectivity index (χ2n) is 6.67. The zero-order valence-electron chi connectivity index (χ0n) is 17.7. The van der Waals surface area contributed by atoms with Crippen molar-refractivity contribution in [2.45, 2.75) is 18.2 Å². The molecule has 3 aromatic rings. The molecule has 0 saturated heterocycles. The van der Waals surface area contributed by atoms with E-state index in [0.717, 1.165) is 0 Å². The molecule has 11 heteroatoms. The number of hydrogen-bond acceptors (Lipinski definition) is 6. The van der Waals surface area contributed by atoms with E-state index < -0.39 is 0 Å². The molecule has 0 saturated carbocycles. The number of halogens is 2. The summed E-state index contributed by atoms with van der Waals surface area (Å²) >= 11 is 13.1. The van der Waals surface area contributed by atoms with Crippen LogP contribution in [0.1, 0.15) is 16.2 Å². The number of carbonyl (C=O) groups excluding carboxylic acids is 2. The van der Waals surface area contributed by atoms with Gasteiger partial charge in [0.1, 0.15) is 5.75 Å². The topological polar surface area (TPSA) is 98.1 Å². The van der Waals surface area contributed by atoms with E-state index in [1.807, 2.05) is 0 Å². The van der Waals surface area contributed by atoms with Gasteiger partial charge < -0.3 is 19.9 Å². The van der Waals surface area contributed by atoms with Crippen LogP contribution in [-0.2, 0) is 17.9 Å². The van der Waals surface area contributed by atoms with Crippen LogP contribution in [0.3, 0.4) is 0 Å². The molecule has 0 aliphatic heterocycles. The molecule has 0 fully saturated rings. The number of nitrogens with one attached hydrogen (secondary N) is 2. The Morgan fingerprint density at radius 1 is 1.15 bits per heavy atom. The van der Waals surface area contributed by atoms with Crippen LogP contribution in [0, 0.1) is 0 Å². The van der Waals surface area contributed by atoms with E-state index >= 15 is 0 Å². The van der Waals surface area contributed by atoms with Crippen LogP contribution in [-0.4, -0.2) is 39.4 Å². The first-order valence-corrected chi connectivity index (χ1v) is 11.5. The lowest BCUT2D eigenvalue weighted by atomic mass is 10.2. The first-order valence-electron chi connectivity index (χ1n) is 9.74. The minimum Gasteiger partial charge on any atom is -0.495 e. The number of allylic oxidation sites excluding steroid dienone is 1. The summed E-state index contributed by atoms with van der Waals surface area (Å²) in [7, 11) is 1.51. The highest BCUT2D eigenvalue weighted by atomic mass is 35.5. The lowest BCUT2D eigenvalue weighted by molar-refractivity contribution is -0.113. The van der Waals surface area contributed by atoms with E-state index in [1.165, 1.54) is 18.9 Å². The molecule has 0 radical (unpaired) electrons. The van der Waals surface area contributed by atoms with Crippen molar-refractivity contribution >= 4 is 52.5 Å². The smallest absolute Gasteiger partial charge is 0.251 e. The number of methoxy groups -OCH3 is 1. The minimum absolute atomic E-state index is 0.0854. The van der Waals surface area contributed by atoms with Crippen molar-refractivity contribution in [3.05, 3.63) is 76.6 Å². The van der Waals surface area contributed by atoms with Crippen molar-refractivity contribution < 1.29 is 14.3 Å². The van der Waals surface area contributed by atoms with Gasteiger partial charge in [0, 0.05) is 22.2 Å². The van der Waals surface area contributed by atoms with E-state index in [4.69, 9.17) is 27.9 Å². The maximum absolute atomic E-state index is 12.5. The van der Waals surface area contributed by atoms with E-state index in [0.29, 0.717) is 44.6 Å². The summed E-state index contributed by atoms with van der Waals surface area (Å²) in [6, 6.07) is 11.5. The first-order chi connectivity index (χ1) is 15.9. The predicted molar refractivity (Wildman–Crippen MR) is 130 cm³/mol. The molecule has 1 heterocycles. The van der Waals surface area contributed by atoms with Gasteiger partial charge >= 0.3 is 0 Å². The molecule has 0 aliphatic carbocycles. The van der Waals surface area contributed by atoms with E-state index in [9.17, 15) is 9.59 Å². The summed E-state index contributed by atoms with van der Waals surface area (Å²) in [5.74, 6) is 0.611. The summed E-state index contributed by atoms with van der Waals surface area (Å²) in [5, 5.41) is 15.5. The van der Waals surface area contributed by atoms with Crippen LogP contribution in [0.15, 0.2) is 60.3 Å². The number of amides is 2. The molecule has 0 atom stereocenters. The molecule has 3 rings (SSSR count). The van der Waals surface area contributed by atoms with Gasteiger partial charge in [0.25, 0.3) is 5.91 Å². The zero-order valence-corrected chi connectivity index (χ0v) is 20.0. The Morgan fingerprint density at radius 3 is 2.58 bits per heavy atom. The second kappa shape index (κ2) is 11.7. The summed E-state index contributed by atoms with van der Waals surface area (Å²) in [6.07, 6.45) is 1.69. The largest absolute Gasteiger partial charge is 0.495 e. The van der Waals surface area contributed by atoms with Crippen LogP contribution in [0.25, 0.3) is 0 Å². The third-order valence-corrected chi connectivity index (χ3v) is 5.84. The van der Waals surface area contributed by atoms with Crippen LogP contribution >= 0.6 is 35.0 Å². The third kappa shape index (κ3) is 6.74. The van der Waals surface area contributed by atoms with Gasteiger partial charge in [0.05, 0.1) is 25.1 Å². The van der Waals surface area contributed by atoms with Crippen LogP contribution < -0.4 is 15.4 Å². The predicted octanol–water partition coefficient (Wildman–Crippen LogP) is 4.44. The van der Waals surface area contributed by atoms with Gasteiger partial charge in [0.15, 0.2) is 11.0 Å². The second-order valence-corrected chi connectivity index (χ2v) is 8.48. The molecule has 0 bridgehead atoms. The van der Waals surface area contributed by atoms with Crippen LogP contribution in [0.5, 0.6) is 5.75 Å². The van der Waals surface area contributed by atoms with Crippen molar-refractivity contribution in [3.63, 3.8) is 0 Å². The summed E-state index contributed by atoms with van der Waals surface area (Å²) in [6.45, 7) is 4.34. The molecule has 172 valence electrons. The number of hydrogen-bond donors (Lipinski definition) is 2. The summed E-state index contributed by atoms with van der Waals surface area (Å²) in [4.78, 5) is 24.8. The van der Waals surface area contributed by atoms with Gasteiger partial charge in [-0.05, 0) is 42.5 Å². The lowest BCUT2D eigenvalue weighted by Gasteiger charge is -2.11. The molecule has 2 amide bonds. The number of rotatable bonds is 10. The molecule has 33 heavy (non-hydrogen) atoms. The quantitative estimate of drug-likeness (QED) is 0.312. The Kier molecular flexibility index (Phi) is 8.76. The molecule has 0 aliphatic rings. The number of nitrogens with zero attached hydrogens (tertiary/aromatic N) is 3. The van der Waals surface area contributed by atoms with E-state index in [2.05, 4.69) is 27.4 Å². The maximum atomic E-state index is 12.5. The van der Waals surface area contributed by atoms with Crippen molar-refractivity contribution in [1.82, 2.24) is 20.1 Å². The average molecular weight is 506 g/mol.